The number of ether oxygens (including phenoxy) is 1. The Balaban J connectivity index is 1.43. The van der Waals surface area contributed by atoms with Gasteiger partial charge in [-0.05, 0) is 74.3 Å². The van der Waals surface area contributed by atoms with Gasteiger partial charge in [0.2, 0.25) is 11.8 Å². The number of carbonyl (C=O) groups is 1. The van der Waals surface area contributed by atoms with Crippen LogP contribution in [0.25, 0.3) is 10.4 Å². The van der Waals surface area contributed by atoms with Gasteiger partial charge in [0.15, 0.2) is 0 Å². The van der Waals surface area contributed by atoms with Gasteiger partial charge in [-0.15, -0.1) is 16.4 Å². The lowest BCUT2D eigenvalue weighted by Gasteiger charge is -2.41. The third-order valence-electron chi connectivity index (χ3n) is 8.30. The van der Waals surface area contributed by atoms with Gasteiger partial charge in [0, 0.05) is 43.3 Å². The highest BCUT2D eigenvalue weighted by Gasteiger charge is 2.50. The molecule has 0 bridgehead atoms. The number of fused-ring (bicyclic) bond motifs is 1. The topological polar surface area (TPSA) is 147 Å². The normalized spacial score (nSPS) is 19.2. The summed E-state index contributed by atoms with van der Waals surface area (Å²) < 4.78 is 5.74. The monoisotopic (exact) mass is 584 g/mol. The molecule has 3 aromatic rings. The third-order valence-corrected chi connectivity index (χ3v) is 9.43. The van der Waals surface area contributed by atoms with Crippen molar-refractivity contribution < 1.29 is 9.53 Å². The van der Waals surface area contributed by atoms with Crippen LogP contribution in [-0.2, 0) is 5.41 Å². The highest BCUT2D eigenvalue weighted by atomic mass is 32.1. The molecule has 4 N–H and O–H groups in total. The summed E-state index contributed by atoms with van der Waals surface area (Å²) in [5.41, 5.74) is 9.02. The van der Waals surface area contributed by atoms with Gasteiger partial charge in [0.05, 0.1) is 27.5 Å². The molecule has 2 aliphatic heterocycles. The largest absolute Gasteiger partial charge is 0.420 e. The molecule has 0 saturated carbocycles. The van der Waals surface area contributed by atoms with Crippen molar-refractivity contribution in [3.8, 4) is 28.5 Å². The maximum absolute atomic E-state index is 13.0. The molecule has 1 unspecified atom stereocenters. The molecular weight excluding hydrogens is 548 g/mol. The molecule has 218 valence electrons. The van der Waals surface area contributed by atoms with E-state index < -0.39 is 5.41 Å². The fourth-order valence-electron chi connectivity index (χ4n) is 6.10. The van der Waals surface area contributed by atoms with Gasteiger partial charge in [-0.1, -0.05) is 13.8 Å². The minimum absolute atomic E-state index is 0.00295. The van der Waals surface area contributed by atoms with E-state index in [1.165, 1.54) is 11.3 Å². The fraction of sp³-hybridized carbons (Fsp3) is 0.419. The summed E-state index contributed by atoms with van der Waals surface area (Å²) in [5, 5.41) is 30.6. The van der Waals surface area contributed by atoms with Crippen LogP contribution in [0.1, 0.15) is 52.3 Å². The standard InChI is InChI=1S/C31H36N8O2S/c1-19(2)31(24(18-33)28(34)41-30-27(31)20(3)36-37-30)23-15-21(17-32)14-22(16-23)25-6-7-26(42-25)29(40)35-8-5-9-39-12-10-38(4)11-13-39/h6-7,14-16,19H,5,8-13,34H2,1-4H3,(H,35,40)(H,36,37). The summed E-state index contributed by atoms with van der Waals surface area (Å²) in [6.07, 6.45) is 0.898. The number of nitrogens with one attached hydrogen (secondary N) is 2. The van der Waals surface area contributed by atoms with Gasteiger partial charge in [-0.2, -0.15) is 10.5 Å². The predicted molar refractivity (Wildman–Crippen MR) is 162 cm³/mol. The second-order valence-corrected chi connectivity index (χ2v) is 12.4. The first kappa shape index (κ1) is 29.3. The number of H-pyrrole nitrogens is 1. The van der Waals surface area contributed by atoms with Crippen molar-refractivity contribution in [1.29, 1.82) is 10.5 Å². The number of likely N-dealkylation sites (N-methyl/N-ethyl adjacent to an activating group) is 1. The lowest BCUT2D eigenvalue weighted by atomic mass is 9.61. The first-order valence-electron chi connectivity index (χ1n) is 14.2. The minimum Gasteiger partial charge on any atom is -0.420 e. The van der Waals surface area contributed by atoms with E-state index in [1.54, 1.807) is 6.07 Å². The number of piperazine rings is 1. The number of aromatic amines is 1. The van der Waals surface area contributed by atoms with Gasteiger partial charge in [-0.25, -0.2) is 0 Å². The zero-order valence-electron chi connectivity index (χ0n) is 24.5. The number of hydrogen-bond acceptors (Lipinski definition) is 9. The number of aromatic nitrogens is 2. The highest BCUT2D eigenvalue weighted by molar-refractivity contribution is 7.17. The quantitative estimate of drug-likeness (QED) is 0.340. The molecule has 0 radical (unpaired) electrons. The Morgan fingerprint density at radius 1 is 1.21 bits per heavy atom. The van der Waals surface area contributed by atoms with Crippen molar-refractivity contribution in [2.75, 3.05) is 46.3 Å². The van der Waals surface area contributed by atoms with Crippen LogP contribution in [0.4, 0.5) is 0 Å². The molecule has 5 rings (SSSR count). The van der Waals surface area contributed by atoms with Crippen molar-refractivity contribution in [3.05, 3.63) is 69.0 Å². The SMILES string of the molecule is Cc1[nH]nc2c1C(c1cc(C#N)cc(-c3ccc(C(=O)NCCCN4CCN(C)CC4)s3)c1)(C(C)C)C(C#N)=C(N)O2. The van der Waals surface area contributed by atoms with Gasteiger partial charge < -0.3 is 25.6 Å². The lowest BCUT2D eigenvalue weighted by Crippen LogP contribution is -2.45. The van der Waals surface area contributed by atoms with Crippen molar-refractivity contribution in [3.63, 3.8) is 0 Å². The van der Waals surface area contributed by atoms with Gasteiger partial charge in [0.1, 0.15) is 11.6 Å². The molecule has 0 spiro atoms. The Morgan fingerprint density at radius 2 is 1.98 bits per heavy atom. The van der Waals surface area contributed by atoms with Crippen LogP contribution in [0.2, 0.25) is 0 Å². The summed E-state index contributed by atoms with van der Waals surface area (Å²) >= 11 is 1.38. The van der Waals surface area contributed by atoms with E-state index in [-0.39, 0.29) is 23.3 Å². The first-order chi connectivity index (χ1) is 20.2. The van der Waals surface area contributed by atoms with Crippen LogP contribution in [0.5, 0.6) is 5.88 Å². The first-order valence-corrected chi connectivity index (χ1v) is 15.0. The molecule has 42 heavy (non-hydrogen) atoms. The summed E-state index contributed by atoms with van der Waals surface area (Å²) in [6.45, 7) is 11.8. The number of rotatable bonds is 8. The smallest absolute Gasteiger partial charge is 0.261 e. The second kappa shape index (κ2) is 12.0. The lowest BCUT2D eigenvalue weighted by molar-refractivity contribution is 0.0953. The average Bonchev–Trinajstić information content (AvgIpc) is 3.62. The number of carbonyl (C=O) groups excluding carboxylic acids is 1. The van der Waals surface area contributed by atoms with E-state index in [0.29, 0.717) is 22.9 Å². The molecule has 0 aliphatic carbocycles. The van der Waals surface area contributed by atoms with Gasteiger partial charge >= 0.3 is 0 Å². The molecule has 1 atom stereocenters. The van der Waals surface area contributed by atoms with Crippen molar-refractivity contribution in [2.45, 2.75) is 32.6 Å². The fourth-order valence-corrected chi connectivity index (χ4v) is 7.01. The summed E-state index contributed by atoms with van der Waals surface area (Å²) in [5.74, 6) is 0.0774. The molecule has 10 nitrogen and oxygen atoms in total. The number of aryl methyl sites for hydroxylation is 1. The number of nitrogens with zero attached hydrogens (tertiary/aromatic N) is 5. The summed E-state index contributed by atoms with van der Waals surface area (Å²) in [7, 11) is 2.14. The Kier molecular flexibility index (Phi) is 8.37. The number of amides is 1. The summed E-state index contributed by atoms with van der Waals surface area (Å²) in [6, 6.07) is 13.9. The molecule has 2 aliphatic rings. The molecule has 2 aromatic heterocycles. The van der Waals surface area contributed by atoms with Crippen LogP contribution < -0.4 is 15.8 Å². The van der Waals surface area contributed by atoms with E-state index in [2.05, 4.69) is 44.5 Å². The van der Waals surface area contributed by atoms with Crippen molar-refractivity contribution >= 4 is 17.2 Å². The maximum Gasteiger partial charge on any atom is 0.261 e. The van der Waals surface area contributed by atoms with Gasteiger partial charge in [-0.3, -0.25) is 9.89 Å². The Hall–Kier alpha value is -4.16. The van der Waals surface area contributed by atoms with E-state index in [9.17, 15) is 15.3 Å². The summed E-state index contributed by atoms with van der Waals surface area (Å²) in [4.78, 5) is 19.2. The third kappa shape index (κ3) is 5.27. The minimum atomic E-state index is -0.994. The number of nitriles is 2. The Morgan fingerprint density at radius 3 is 2.67 bits per heavy atom. The van der Waals surface area contributed by atoms with Crippen LogP contribution in [0.3, 0.4) is 0 Å². The predicted octanol–water partition coefficient (Wildman–Crippen LogP) is 3.71. The van der Waals surface area contributed by atoms with E-state index in [0.717, 1.165) is 66.4 Å². The molecule has 4 heterocycles. The number of allylic oxidation sites excluding steroid dienone is 1. The second-order valence-electron chi connectivity index (χ2n) is 11.3. The molecule has 1 amide bonds. The van der Waals surface area contributed by atoms with Crippen LogP contribution in [0.15, 0.2) is 41.8 Å². The molecule has 11 heteroatoms. The van der Waals surface area contributed by atoms with Crippen molar-refractivity contribution in [2.24, 2.45) is 11.7 Å². The number of benzene rings is 1. The molecule has 1 aromatic carbocycles. The number of hydrogen-bond donors (Lipinski definition) is 3. The van der Waals surface area contributed by atoms with Crippen LogP contribution in [0, 0.1) is 35.5 Å². The zero-order valence-corrected chi connectivity index (χ0v) is 25.3. The van der Waals surface area contributed by atoms with Crippen LogP contribution >= 0.6 is 11.3 Å². The van der Waals surface area contributed by atoms with Crippen LogP contribution in [-0.4, -0.2) is 72.2 Å². The molecular formula is C31H36N8O2S. The zero-order chi connectivity index (χ0) is 30.0. The van der Waals surface area contributed by atoms with E-state index >= 15 is 0 Å². The van der Waals surface area contributed by atoms with Gasteiger partial charge in [0.25, 0.3) is 5.91 Å². The highest BCUT2D eigenvalue weighted by Crippen LogP contribution is 2.53. The Labute approximate surface area is 250 Å². The average molecular weight is 585 g/mol. The Bertz CT molecular complexity index is 1600. The van der Waals surface area contributed by atoms with E-state index in [4.69, 9.17) is 10.5 Å². The molecule has 1 fully saturated rings. The molecule has 1 saturated heterocycles. The number of nitrogens with two attached hydrogens (primary N) is 1. The van der Waals surface area contributed by atoms with E-state index in [1.807, 2.05) is 45.0 Å². The van der Waals surface area contributed by atoms with Crippen molar-refractivity contribution in [1.82, 2.24) is 25.3 Å². The maximum atomic E-state index is 13.0. The number of thiophene rings is 1.